The minimum Gasteiger partial charge on any atom is -0.338 e. The molecule has 1 aliphatic carbocycles. The summed E-state index contributed by atoms with van der Waals surface area (Å²) in [7, 11) is 0. The lowest BCUT2D eigenvalue weighted by Crippen LogP contribution is -2.09. The van der Waals surface area contributed by atoms with E-state index >= 15 is 0 Å². The number of nitrogens with zero attached hydrogens (tertiary/aromatic N) is 2. The van der Waals surface area contributed by atoms with Gasteiger partial charge in [0, 0.05) is 14.3 Å². The number of nitriles is 1. The lowest BCUT2D eigenvalue weighted by molar-refractivity contribution is 0.668. The van der Waals surface area contributed by atoms with Crippen LogP contribution in [0.1, 0.15) is 29.7 Å². The van der Waals surface area contributed by atoms with E-state index in [4.69, 9.17) is 11.6 Å². The van der Waals surface area contributed by atoms with Crippen molar-refractivity contribution in [3.8, 4) is 6.07 Å². The molecule has 1 heterocycles. The maximum Gasteiger partial charge on any atom is 0.148 e. The maximum atomic E-state index is 9.36. The van der Waals surface area contributed by atoms with Crippen LogP contribution in [0.3, 0.4) is 0 Å². The first kappa shape index (κ1) is 14.6. The Hall–Kier alpha value is -1.32. The third-order valence-corrected chi connectivity index (χ3v) is 4.73. The van der Waals surface area contributed by atoms with Crippen molar-refractivity contribution >= 4 is 45.7 Å². The predicted octanol–water partition coefficient (Wildman–Crippen LogP) is 4.83. The van der Waals surface area contributed by atoms with Gasteiger partial charge < -0.3 is 5.32 Å². The molecule has 0 fully saturated rings. The molecule has 1 aromatic carbocycles. The molecule has 0 amide bonds. The fourth-order valence-electron chi connectivity index (χ4n) is 2.53. The quantitative estimate of drug-likeness (QED) is 0.723. The van der Waals surface area contributed by atoms with Gasteiger partial charge in [0.1, 0.15) is 11.9 Å². The SMILES string of the molecule is N#Cc1cc2c(nc1Nc1ccc(Cl)cc1I)CCCC2. The van der Waals surface area contributed by atoms with Crippen molar-refractivity contribution in [1.29, 1.82) is 5.26 Å². The minimum atomic E-state index is 0.599. The van der Waals surface area contributed by atoms with Crippen molar-refractivity contribution in [3.63, 3.8) is 0 Å². The summed E-state index contributed by atoms with van der Waals surface area (Å²) in [6.07, 6.45) is 4.37. The summed E-state index contributed by atoms with van der Waals surface area (Å²) in [4.78, 5) is 4.67. The van der Waals surface area contributed by atoms with Crippen molar-refractivity contribution in [2.45, 2.75) is 25.7 Å². The Bertz CT molecular complexity index is 737. The maximum absolute atomic E-state index is 9.36. The molecule has 0 saturated heterocycles. The Labute approximate surface area is 142 Å². The Morgan fingerprint density at radius 2 is 2.05 bits per heavy atom. The van der Waals surface area contributed by atoms with E-state index in [1.54, 1.807) is 0 Å². The highest BCUT2D eigenvalue weighted by atomic mass is 127. The summed E-state index contributed by atoms with van der Waals surface area (Å²) < 4.78 is 1.00. The number of hydrogen-bond donors (Lipinski definition) is 1. The third-order valence-electron chi connectivity index (χ3n) is 3.61. The first-order chi connectivity index (χ1) is 10.2. The molecule has 1 aliphatic rings. The van der Waals surface area contributed by atoms with Gasteiger partial charge in [0.25, 0.3) is 0 Å². The van der Waals surface area contributed by atoms with E-state index in [2.05, 4.69) is 39.0 Å². The van der Waals surface area contributed by atoms with E-state index < -0.39 is 0 Å². The zero-order chi connectivity index (χ0) is 14.8. The zero-order valence-corrected chi connectivity index (χ0v) is 14.2. The molecule has 3 rings (SSSR count). The summed E-state index contributed by atoms with van der Waals surface area (Å²) in [5.41, 5.74) is 3.85. The van der Waals surface area contributed by atoms with Crippen LogP contribution in [0.2, 0.25) is 5.02 Å². The number of halogens is 2. The summed E-state index contributed by atoms with van der Waals surface area (Å²) in [5.74, 6) is 0.637. The van der Waals surface area contributed by atoms with Gasteiger partial charge >= 0.3 is 0 Å². The molecule has 0 spiro atoms. The fourth-order valence-corrected chi connectivity index (χ4v) is 3.54. The van der Waals surface area contributed by atoms with Crippen molar-refractivity contribution in [3.05, 3.63) is 49.7 Å². The van der Waals surface area contributed by atoms with Crippen molar-refractivity contribution < 1.29 is 0 Å². The standard InChI is InChI=1S/C16H13ClIN3/c17-12-5-6-15(13(18)8-12)21-16-11(9-19)7-10-3-1-2-4-14(10)20-16/h5-8H,1-4H2,(H,20,21). The molecule has 0 aliphatic heterocycles. The molecule has 0 saturated carbocycles. The highest BCUT2D eigenvalue weighted by Crippen LogP contribution is 2.29. The molecule has 1 N–H and O–H groups in total. The molecule has 0 bridgehead atoms. The summed E-state index contributed by atoms with van der Waals surface area (Å²) >= 11 is 8.19. The van der Waals surface area contributed by atoms with Gasteiger partial charge in [0.05, 0.1) is 11.3 Å². The monoisotopic (exact) mass is 409 g/mol. The Kier molecular flexibility index (Phi) is 4.32. The van der Waals surface area contributed by atoms with E-state index in [0.717, 1.165) is 27.8 Å². The summed E-state index contributed by atoms with van der Waals surface area (Å²) in [6, 6.07) is 9.84. The molecule has 0 radical (unpaired) electrons. The second-order valence-electron chi connectivity index (χ2n) is 5.06. The van der Waals surface area contributed by atoms with E-state index in [9.17, 15) is 5.26 Å². The van der Waals surface area contributed by atoms with Crippen molar-refractivity contribution in [2.75, 3.05) is 5.32 Å². The highest BCUT2D eigenvalue weighted by Gasteiger charge is 2.15. The first-order valence-corrected chi connectivity index (χ1v) is 8.28. The molecule has 5 heteroatoms. The normalized spacial score (nSPS) is 13.4. The van der Waals surface area contributed by atoms with Crippen LogP contribution in [-0.2, 0) is 12.8 Å². The molecular formula is C16H13ClIN3. The van der Waals surface area contributed by atoms with E-state index in [1.165, 1.54) is 18.4 Å². The number of anilines is 2. The van der Waals surface area contributed by atoms with Crippen LogP contribution in [-0.4, -0.2) is 4.98 Å². The van der Waals surface area contributed by atoms with Crippen LogP contribution in [0, 0.1) is 14.9 Å². The van der Waals surface area contributed by atoms with Gasteiger partial charge in [-0.2, -0.15) is 5.26 Å². The van der Waals surface area contributed by atoms with Gasteiger partial charge in [-0.3, -0.25) is 0 Å². The number of benzene rings is 1. The number of aryl methyl sites for hydroxylation is 2. The van der Waals surface area contributed by atoms with Gasteiger partial charge in [-0.25, -0.2) is 4.98 Å². The average Bonchev–Trinajstić information content (AvgIpc) is 2.49. The Balaban J connectivity index is 1.99. The average molecular weight is 410 g/mol. The summed E-state index contributed by atoms with van der Waals surface area (Å²) in [5, 5.41) is 13.3. The van der Waals surface area contributed by atoms with Crippen LogP contribution in [0.5, 0.6) is 0 Å². The minimum absolute atomic E-state index is 0.599. The van der Waals surface area contributed by atoms with Gasteiger partial charge in [-0.15, -0.1) is 0 Å². The second kappa shape index (κ2) is 6.20. The van der Waals surface area contributed by atoms with Crippen LogP contribution in [0.4, 0.5) is 11.5 Å². The van der Waals surface area contributed by atoms with E-state index in [1.807, 2.05) is 24.3 Å². The molecule has 21 heavy (non-hydrogen) atoms. The lowest BCUT2D eigenvalue weighted by Gasteiger charge is -2.17. The van der Waals surface area contributed by atoms with Gasteiger partial charge in [-0.1, -0.05) is 11.6 Å². The predicted molar refractivity (Wildman–Crippen MR) is 93.0 cm³/mol. The number of nitrogens with one attached hydrogen (secondary N) is 1. The van der Waals surface area contributed by atoms with Gasteiger partial charge in [0.15, 0.2) is 0 Å². The van der Waals surface area contributed by atoms with Crippen molar-refractivity contribution in [1.82, 2.24) is 4.98 Å². The molecule has 0 unspecified atom stereocenters. The second-order valence-corrected chi connectivity index (χ2v) is 6.66. The van der Waals surface area contributed by atoms with Crippen LogP contribution in [0.15, 0.2) is 24.3 Å². The lowest BCUT2D eigenvalue weighted by atomic mass is 9.95. The van der Waals surface area contributed by atoms with E-state index in [-0.39, 0.29) is 0 Å². The molecular weight excluding hydrogens is 397 g/mol. The molecule has 106 valence electrons. The topological polar surface area (TPSA) is 48.7 Å². The number of rotatable bonds is 2. The zero-order valence-electron chi connectivity index (χ0n) is 11.3. The van der Waals surface area contributed by atoms with Crippen LogP contribution in [0.25, 0.3) is 0 Å². The summed E-state index contributed by atoms with van der Waals surface area (Å²) in [6.45, 7) is 0. The number of fused-ring (bicyclic) bond motifs is 1. The first-order valence-electron chi connectivity index (χ1n) is 6.82. The van der Waals surface area contributed by atoms with Crippen LogP contribution < -0.4 is 5.32 Å². The molecule has 1 aromatic heterocycles. The van der Waals surface area contributed by atoms with E-state index in [0.29, 0.717) is 16.4 Å². The highest BCUT2D eigenvalue weighted by molar-refractivity contribution is 14.1. The van der Waals surface area contributed by atoms with Crippen molar-refractivity contribution in [2.24, 2.45) is 0 Å². The molecule has 0 atom stereocenters. The van der Waals surface area contributed by atoms with Crippen LogP contribution >= 0.6 is 34.2 Å². The third kappa shape index (κ3) is 3.14. The number of hydrogen-bond acceptors (Lipinski definition) is 3. The molecule has 2 aromatic rings. The van der Waals surface area contributed by atoms with Gasteiger partial charge in [0.2, 0.25) is 0 Å². The Morgan fingerprint density at radius 3 is 2.81 bits per heavy atom. The largest absolute Gasteiger partial charge is 0.338 e. The number of aromatic nitrogens is 1. The smallest absolute Gasteiger partial charge is 0.148 e. The Morgan fingerprint density at radius 1 is 1.24 bits per heavy atom. The number of pyridine rings is 1. The van der Waals surface area contributed by atoms with Gasteiger partial charge in [-0.05, 0) is 78.1 Å². The molecule has 3 nitrogen and oxygen atoms in total. The fraction of sp³-hybridized carbons (Fsp3) is 0.250.